The Morgan fingerprint density at radius 2 is 2.05 bits per heavy atom. The van der Waals surface area contributed by atoms with Gasteiger partial charge in [-0.05, 0) is 20.3 Å². The number of aliphatic carboxylic acids is 1. The van der Waals surface area contributed by atoms with Crippen molar-refractivity contribution in [3.63, 3.8) is 0 Å². The molecule has 8 heteroatoms. The monoisotopic (exact) mass is 317 g/mol. The van der Waals surface area contributed by atoms with Gasteiger partial charge < -0.3 is 15.7 Å². The first-order valence-corrected chi connectivity index (χ1v) is 8.06. The number of nitrogens with zero attached hydrogens (tertiary/aromatic N) is 2. The van der Waals surface area contributed by atoms with Crippen LogP contribution in [0, 0.1) is 0 Å². The van der Waals surface area contributed by atoms with Crippen LogP contribution in [0.3, 0.4) is 0 Å². The van der Waals surface area contributed by atoms with Crippen LogP contribution in [0.4, 0.5) is 4.79 Å². The minimum absolute atomic E-state index is 0.169. The van der Waals surface area contributed by atoms with Gasteiger partial charge in [0.15, 0.2) is 0 Å². The van der Waals surface area contributed by atoms with E-state index in [0.29, 0.717) is 5.75 Å². The topological polar surface area (TPSA) is 104 Å². The molecule has 1 aliphatic heterocycles. The fourth-order valence-corrected chi connectivity index (χ4v) is 3.77. The number of carboxylic acids is 1. The lowest BCUT2D eigenvalue weighted by Gasteiger charge is -2.35. The average molecular weight is 317 g/mol. The predicted octanol–water partition coefficient (Wildman–Crippen LogP) is 0.930. The maximum Gasteiger partial charge on any atom is 0.327 e. The molecule has 1 saturated heterocycles. The van der Waals surface area contributed by atoms with Crippen molar-refractivity contribution in [3.05, 3.63) is 0 Å². The highest BCUT2D eigenvalue weighted by Gasteiger charge is 2.43. The Labute approximate surface area is 128 Å². The van der Waals surface area contributed by atoms with Gasteiger partial charge in [0.2, 0.25) is 5.91 Å². The number of hydrogen-bond acceptors (Lipinski definition) is 4. The van der Waals surface area contributed by atoms with Crippen LogP contribution in [-0.4, -0.2) is 62.6 Å². The van der Waals surface area contributed by atoms with Crippen molar-refractivity contribution < 1.29 is 19.5 Å². The summed E-state index contributed by atoms with van der Waals surface area (Å²) in [5.41, 5.74) is 5.18. The maximum absolute atomic E-state index is 12.7. The Morgan fingerprint density at radius 1 is 1.43 bits per heavy atom. The third-order valence-electron chi connectivity index (χ3n) is 3.33. The smallest absolute Gasteiger partial charge is 0.327 e. The number of rotatable bonds is 6. The molecule has 0 aromatic rings. The number of urea groups is 1. The molecule has 7 nitrogen and oxygen atoms in total. The largest absolute Gasteiger partial charge is 0.480 e. The first-order chi connectivity index (χ1) is 9.79. The van der Waals surface area contributed by atoms with Crippen molar-refractivity contribution in [2.75, 3.05) is 12.3 Å². The lowest BCUT2D eigenvalue weighted by molar-refractivity contribution is -0.141. The lowest BCUT2D eigenvalue weighted by atomic mass is 10.2. The molecule has 0 radical (unpaired) electrons. The standard InChI is InChI=1S/C13H23N3O4S/c1-4-5-11-16(9(7-21-11)12(18)19)13(20)15(8(2)3)6-10(14)17/h8-9,11H,4-7H2,1-3H3,(H2,14,17)(H,18,19). The second kappa shape index (κ2) is 7.53. The molecule has 0 aromatic heterocycles. The summed E-state index contributed by atoms with van der Waals surface area (Å²) >= 11 is 1.47. The van der Waals surface area contributed by atoms with Crippen LogP contribution < -0.4 is 5.73 Å². The summed E-state index contributed by atoms with van der Waals surface area (Å²) in [5, 5.41) is 9.13. The predicted molar refractivity (Wildman–Crippen MR) is 80.8 cm³/mol. The van der Waals surface area contributed by atoms with Gasteiger partial charge in [-0.2, -0.15) is 0 Å². The molecule has 0 bridgehead atoms. The van der Waals surface area contributed by atoms with Crippen LogP contribution in [0.25, 0.3) is 0 Å². The van der Waals surface area contributed by atoms with Crippen molar-refractivity contribution in [2.45, 2.75) is 51.1 Å². The second-order valence-electron chi connectivity index (χ2n) is 5.31. The van der Waals surface area contributed by atoms with E-state index in [4.69, 9.17) is 5.73 Å². The van der Waals surface area contributed by atoms with E-state index in [2.05, 4.69) is 0 Å². The lowest BCUT2D eigenvalue weighted by Crippen LogP contribution is -2.55. The molecule has 2 atom stereocenters. The van der Waals surface area contributed by atoms with E-state index in [1.165, 1.54) is 21.6 Å². The Kier molecular flexibility index (Phi) is 6.32. The fourth-order valence-electron chi connectivity index (χ4n) is 2.27. The van der Waals surface area contributed by atoms with E-state index < -0.39 is 23.9 Å². The van der Waals surface area contributed by atoms with Gasteiger partial charge in [-0.15, -0.1) is 11.8 Å². The summed E-state index contributed by atoms with van der Waals surface area (Å²) in [5.74, 6) is -1.26. The second-order valence-corrected chi connectivity index (χ2v) is 6.52. The zero-order valence-corrected chi connectivity index (χ0v) is 13.4. The fraction of sp³-hybridized carbons (Fsp3) is 0.769. The Bertz CT molecular complexity index is 416. The van der Waals surface area contributed by atoms with E-state index in [-0.39, 0.29) is 18.0 Å². The Hall–Kier alpha value is -1.44. The minimum atomic E-state index is -1.02. The van der Waals surface area contributed by atoms with E-state index in [9.17, 15) is 19.5 Å². The van der Waals surface area contributed by atoms with Crippen LogP contribution >= 0.6 is 11.8 Å². The third kappa shape index (κ3) is 4.26. The number of amides is 3. The first kappa shape index (κ1) is 17.6. The zero-order valence-electron chi connectivity index (χ0n) is 12.6. The molecular weight excluding hydrogens is 294 g/mol. The molecule has 1 aliphatic rings. The van der Waals surface area contributed by atoms with E-state index in [1.807, 2.05) is 6.92 Å². The van der Waals surface area contributed by atoms with Crippen LogP contribution in [0.5, 0.6) is 0 Å². The summed E-state index contributed by atoms with van der Waals surface area (Å²) < 4.78 is 0. The minimum Gasteiger partial charge on any atom is -0.480 e. The van der Waals surface area contributed by atoms with Gasteiger partial charge in [0.1, 0.15) is 12.6 Å². The van der Waals surface area contributed by atoms with E-state index in [1.54, 1.807) is 13.8 Å². The number of thioether (sulfide) groups is 1. The van der Waals surface area contributed by atoms with Gasteiger partial charge in [0.05, 0.1) is 5.37 Å². The van der Waals surface area contributed by atoms with E-state index >= 15 is 0 Å². The normalized spacial score (nSPS) is 21.6. The van der Waals surface area contributed by atoms with Crippen LogP contribution in [0.15, 0.2) is 0 Å². The van der Waals surface area contributed by atoms with Gasteiger partial charge in [-0.3, -0.25) is 9.69 Å². The Balaban J connectivity index is 3.00. The van der Waals surface area contributed by atoms with Gasteiger partial charge in [0.25, 0.3) is 0 Å². The highest BCUT2D eigenvalue weighted by Crippen LogP contribution is 2.33. The maximum atomic E-state index is 12.7. The van der Waals surface area contributed by atoms with Crippen molar-refractivity contribution in [3.8, 4) is 0 Å². The van der Waals surface area contributed by atoms with Crippen LogP contribution in [0.2, 0.25) is 0 Å². The van der Waals surface area contributed by atoms with Crippen molar-refractivity contribution >= 4 is 29.7 Å². The molecule has 1 rings (SSSR count). The summed E-state index contributed by atoms with van der Waals surface area (Å²) in [6, 6.07) is -1.51. The van der Waals surface area contributed by atoms with Gasteiger partial charge in [0, 0.05) is 11.8 Å². The van der Waals surface area contributed by atoms with Crippen molar-refractivity contribution in [2.24, 2.45) is 5.73 Å². The highest BCUT2D eigenvalue weighted by molar-refractivity contribution is 8.00. The molecule has 0 aromatic carbocycles. The van der Waals surface area contributed by atoms with Crippen LogP contribution in [0.1, 0.15) is 33.6 Å². The molecule has 0 saturated carbocycles. The zero-order chi connectivity index (χ0) is 16.2. The first-order valence-electron chi connectivity index (χ1n) is 7.01. The van der Waals surface area contributed by atoms with Crippen molar-refractivity contribution in [1.29, 1.82) is 0 Å². The summed E-state index contributed by atoms with van der Waals surface area (Å²) in [6.07, 6.45) is 1.58. The molecule has 120 valence electrons. The quantitative estimate of drug-likeness (QED) is 0.758. The molecule has 0 spiro atoms. The van der Waals surface area contributed by atoms with Crippen molar-refractivity contribution in [1.82, 2.24) is 9.80 Å². The van der Waals surface area contributed by atoms with Gasteiger partial charge in [-0.1, -0.05) is 13.3 Å². The average Bonchev–Trinajstić information content (AvgIpc) is 2.79. The van der Waals surface area contributed by atoms with E-state index in [0.717, 1.165) is 12.8 Å². The Morgan fingerprint density at radius 3 is 2.48 bits per heavy atom. The molecule has 3 N–H and O–H groups in total. The molecule has 3 amide bonds. The van der Waals surface area contributed by atoms with Crippen LogP contribution in [-0.2, 0) is 9.59 Å². The third-order valence-corrected chi connectivity index (χ3v) is 4.69. The SMILES string of the molecule is CCCC1SCC(C(=O)O)N1C(=O)N(CC(N)=O)C(C)C. The number of nitrogens with two attached hydrogens (primary N) is 1. The molecule has 1 fully saturated rings. The molecule has 2 unspecified atom stereocenters. The highest BCUT2D eigenvalue weighted by atomic mass is 32.2. The summed E-state index contributed by atoms with van der Waals surface area (Å²) in [4.78, 5) is 37.9. The molecular formula is C13H23N3O4S. The molecule has 21 heavy (non-hydrogen) atoms. The number of carbonyl (C=O) groups is 3. The van der Waals surface area contributed by atoms with Gasteiger partial charge >= 0.3 is 12.0 Å². The summed E-state index contributed by atoms with van der Waals surface area (Å²) in [6.45, 7) is 5.33. The number of carbonyl (C=O) groups excluding carboxylic acids is 2. The molecule has 1 heterocycles. The number of hydrogen-bond donors (Lipinski definition) is 2. The summed E-state index contributed by atoms with van der Waals surface area (Å²) in [7, 11) is 0. The number of carboxylic acid groups (broad SMARTS) is 1. The molecule has 0 aliphatic carbocycles. The van der Waals surface area contributed by atoms with Gasteiger partial charge in [-0.25, -0.2) is 9.59 Å². The number of primary amides is 1.